The van der Waals surface area contributed by atoms with Gasteiger partial charge in [0.05, 0.1) is 0 Å². The summed E-state index contributed by atoms with van der Waals surface area (Å²) in [6.45, 7) is 1.52. The molecule has 0 aromatic heterocycles. The van der Waals surface area contributed by atoms with Crippen molar-refractivity contribution in [2.45, 2.75) is 6.92 Å². The van der Waals surface area contributed by atoms with Gasteiger partial charge in [-0.3, -0.25) is 0 Å². The molecule has 1 N–H and O–H groups in total. The lowest BCUT2D eigenvalue weighted by atomic mass is 10.2. The predicted octanol–water partition coefficient (Wildman–Crippen LogP) is 2.81. The van der Waals surface area contributed by atoms with Crippen LogP contribution >= 0.6 is 0 Å². The van der Waals surface area contributed by atoms with E-state index in [1.807, 2.05) is 0 Å². The lowest BCUT2D eigenvalue weighted by Gasteiger charge is -2.08. The summed E-state index contributed by atoms with van der Waals surface area (Å²) in [4.78, 5) is 0. The van der Waals surface area contributed by atoms with E-state index in [0.717, 1.165) is 0 Å². The summed E-state index contributed by atoms with van der Waals surface area (Å²) in [6, 6.07) is 0. The minimum atomic E-state index is -2.15. The van der Waals surface area contributed by atoms with Gasteiger partial charge in [-0.05, 0) is 6.92 Å². The van der Waals surface area contributed by atoms with Crippen LogP contribution in [0.1, 0.15) is 6.92 Å². The Kier molecular flexibility index (Phi) is 2.93. The van der Waals surface area contributed by atoms with Crippen molar-refractivity contribution < 1.29 is 22.0 Å². The Hall–Kier alpha value is -1.33. The zero-order valence-corrected chi connectivity index (χ0v) is 7.10. The van der Waals surface area contributed by atoms with E-state index in [2.05, 4.69) is 5.32 Å². The summed E-state index contributed by atoms with van der Waals surface area (Å²) in [5.41, 5.74) is -0.996. The van der Waals surface area contributed by atoms with Crippen LogP contribution in [-0.4, -0.2) is 6.54 Å². The van der Waals surface area contributed by atoms with Gasteiger partial charge in [0.15, 0.2) is 23.3 Å². The maximum Gasteiger partial charge on any atom is 0.200 e. The minimum absolute atomic E-state index is 0.0539. The second-order valence-electron chi connectivity index (χ2n) is 2.48. The van der Waals surface area contributed by atoms with Crippen molar-refractivity contribution in [2.75, 3.05) is 11.9 Å². The van der Waals surface area contributed by atoms with E-state index in [9.17, 15) is 22.0 Å². The number of halogens is 5. The van der Waals surface area contributed by atoms with Gasteiger partial charge in [0.25, 0.3) is 0 Å². The number of hydrogen-bond donors (Lipinski definition) is 1. The Labute approximate surface area is 76.5 Å². The predicted molar refractivity (Wildman–Crippen MR) is 40.4 cm³/mol. The zero-order chi connectivity index (χ0) is 10.9. The first kappa shape index (κ1) is 10.7. The van der Waals surface area contributed by atoms with Crippen LogP contribution in [0.25, 0.3) is 0 Å². The van der Waals surface area contributed by atoms with Gasteiger partial charge in [0, 0.05) is 6.54 Å². The molecule has 78 valence electrons. The monoisotopic (exact) mass is 211 g/mol. The maximum absolute atomic E-state index is 12.8. The average Bonchev–Trinajstić information content (AvgIpc) is 2.19. The van der Waals surface area contributed by atoms with Crippen LogP contribution in [0.3, 0.4) is 0 Å². The highest BCUT2D eigenvalue weighted by Gasteiger charge is 2.24. The van der Waals surface area contributed by atoms with Gasteiger partial charge in [-0.1, -0.05) is 0 Å². The van der Waals surface area contributed by atoms with Crippen LogP contribution in [0.5, 0.6) is 0 Å². The van der Waals surface area contributed by atoms with Crippen molar-refractivity contribution in [3.8, 4) is 0 Å². The molecule has 1 rings (SSSR count). The number of anilines is 1. The molecule has 6 heteroatoms. The number of rotatable bonds is 2. The van der Waals surface area contributed by atoms with Crippen molar-refractivity contribution in [3.63, 3.8) is 0 Å². The molecule has 0 unspecified atom stereocenters. The third kappa shape index (κ3) is 1.51. The van der Waals surface area contributed by atoms with Crippen LogP contribution in [0.2, 0.25) is 0 Å². The van der Waals surface area contributed by atoms with E-state index in [-0.39, 0.29) is 6.54 Å². The molecule has 1 aromatic carbocycles. The molecule has 0 atom stereocenters. The van der Waals surface area contributed by atoms with Crippen molar-refractivity contribution in [2.24, 2.45) is 0 Å². The van der Waals surface area contributed by atoms with Gasteiger partial charge in [-0.2, -0.15) is 0 Å². The maximum atomic E-state index is 12.8. The molecule has 0 aliphatic rings. The van der Waals surface area contributed by atoms with Gasteiger partial charge < -0.3 is 5.32 Å². The molecule has 0 aliphatic heterocycles. The highest BCUT2D eigenvalue weighted by atomic mass is 19.2. The topological polar surface area (TPSA) is 12.0 Å². The molecule has 0 spiro atoms. The van der Waals surface area contributed by atoms with Gasteiger partial charge in [0.2, 0.25) is 5.82 Å². The third-order valence-electron chi connectivity index (χ3n) is 1.56. The summed E-state index contributed by atoms with van der Waals surface area (Å²) in [5.74, 6) is -9.73. The molecule has 0 saturated carbocycles. The van der Waals surface area contributed by atoms with Crippen molar-refractivity contribution in [3.05, 3.63) is 29.1 Å². The first-order chi connectivity index (χ1) is 6.50. The van der Waals surface area contributed by atoms with Crippen LogP contribution in [0.15, 0.2) is 0 Å². The number of benzene rings is 1. The zero-order valence-electron chi connectivity index (χ0n) is 7.10. The summed E-state index contributed by atoms with van der Waals surface area (Å²) in [6.07, 6.45) is 0. The molecule has 0 heterocycles. The van der Waals surface area contributed by atoms with Crippen molar-refractivity contribution in [1.82, 2.24) is 0 Å². The standard InChI is InChI=1S/C8H6F5N/c1-2-14-8-6(12)4(10)3(9)5(11)7(8)13/h14H,2H2,1H3. The molecular weight excluding hydrogens is 205 g/mol. The van der Waals surface area contributed by atoms with Crippen LogP contribution in [0.4, 0.5) is 27.6 Å². The quantitative estimate of drug-likeness (QED) is 0.450. The minimum Gasteiger partial charge on any atom is -0.380 e. The van der Waals surface area contributed by atoms with Gasteiger partial charge >= 0.3 is 0 Å². The molecule has 14 heavy (non-hydrogen) atoms. The van der Waals surface area contributed by atoms with E-state index >= 15 is 0 Å². The molecule has 0 amide bonds. The van der Waals surface area contributed by atoms with Gasteiger partial charge in [-0.25, -0.2) is 22.0 Å². The van der Waals surface area contributed by atoms with E-state index in [0.29, 0.717) is 0 Å². The number of nitrogens with one attached hydrogen (secondary N) is 1. The molecule has 0 radical (unpaired) electrons. The summed E-state index contributed by atoms with van der Waals surface area (Å²) < 4.78 is 63.1. The van der Waals surface area contributed by atoms with Crippen LogP contribution in [-0.2, 0) is 0 Å². The second-order valence-corrected chi connectivity index (χ2v) is 2.48. The van der Waals surface area contributed by atoms with Crippen LogP contribution < -0.4 is 5.32 Å². The Morgan fingerprint density at radius 3 is 1.50 bits per heavy atom. The summed E-state index contributed by atoms with van der Waals surface area (Å²) in [7, 11) is 0. The molecule has 0 bridgehead atoms. The molecule has 0 aliphatic carbocycles. The lowest BCUT2D eigenvalue weighted by Crippen LogP contribution is -2.09. The largest absolute Gasteiger partial charge is 0.380 e. The molecular formula is C8H6F5N. The molecule has 1 aromatic rings. The van der Waals surface area contributed by atoms with Crippen molar-refractivity contribution in [1.29, 1.82) is 0 Å². The lowest BCUT2D eigenvalue weighted by molar-refractivity contribution is 0.381. The Morgan fingerprint density at radius 1 is 0.786 bits per heavy atom. The highest BCUT2D eigenvalue weighted by molar-refractivity contribution is 5.47. The Balaban J connectivity index is 3.43. The van der Waals surface area contributed by atoms with E-state index in [4.69, 9.17) is 0 Å². The fourth-order valence-corrected chi connectivity index (χ4v) is 0.937. The van der Waals surface area contributed by atoms with E-state index in [1.54, 1.807) is 0 Å². The first-order valence-electron chi connectivity index (χ1n) is 3.76. The van der Waals surface area contributed by atoms with Crippen LogP contribution in [0, 0.1) is 29.1 Å². The Morgan fingerprint density at radius 2 is 1.14 bits per heavy atom. The first-order valence-corrected chi connectivity index (χ1v) is 3.76. The summed E-state index contributed by atoms with van der Waals surface area (Å²) >= 11 is 0. The van der Waals surface area contributed by atoms with E-state index in [1.165, 1.54) is 6.92 Å². The fourth-order valence-electron chi connectivity index (χ4n) is 0.937. The SMILES string of the molecule is CCNc1c(F)c(F)c(F)c(F)c1F. The Bertz CT molecular complexity index is 334. The van der Waals surface area contributed by atoms with E-state index < -0.39 is 34.8 Å². The molecule has 0 fully saturated rings. The van der Waals surface area contributed by atoms with Gasteiger partial charge in [-0.15, -0.1) is 0 Å². The molecule has 0 saturated heterocycles. The van der Waals surface area contributed by atoms with Crippen molar-refractivity contribution >= 4 is 5.69 Å². The average molecular weight is 211 g/mol. The highest BCUT2D eigenvalue weighted by Crippen LogP contribution is 2.26. The third-order valence-corrected chi connectivity index (χ3v) is 1.56. The normalized spacial score (nSPS) is 10.4. The fraction of sp³-hybridized carbons (Fsp3) is 0.250. The molecule has 1 nitrogen and oxygen atoms in total. The summed E-state index contributed by atoms with van der Waals surface area (Å²) in [5, 5.41) is 2.06. The van der Waals surface area contributed by atoms with Gasteiger partial charge in [0.1, 0.15) is 5.69 Å². The smallest absolute Gasteiger partial charge is 0.200 e. The second kappa shape index (κ2) is 3.81. The number of hydrogen-bond acceptors (Lipinski definition) is 1.